The average molecular weight is 310 g/mol. The van der Waals surface area contributed by atoms with Crippen LogP contribution in [-0.2, 0) is 0 Å². The van der Waals surface area contributed by atoms with Gasteiger partial charge >= 0.3 is 6.08 Å². The molecule has 0 radical (unpaired) electrons. The minimum Gasteiger partial charge on any atom is -0.624 e. The lowest BCUT2D eigenvalue weighted by Gasteiger charge is -2.05. The van der Waals surface area contributed by atoms with Crippen molar-refractivity contribution in [3.05, 3.63) is 28.2 Å². The zero-order chi connectivity index (χ0) is 14.4. The van der Waals surface area contributed by atoms with Crippen LogP contribution in [0.2, 0.25) is 0 Å². The van der Waals surface area contributed by atoms with Crippen molar-refractivity contribution in [2.75, 3.05) is 5.75 Å². The van der Waals surface area contributed by atoms with Gasteiger partial charge in [-0.25, -0.2) is 14.1 Å². The van der Waals surface area contributed by atoms with Crippen LogP contribution in [0.1, 0.15) is 26.0 Å². The Morgan fingerprint density at radius 3 is 2.79 bits per heavy atom. The Bertz CT molecular complexity index is 482. The number of hydrogen-bond acceptors (Lipinski definition) is 4. The highest BCUT2D eigenvalue weighted by Crippen LogP contribution is 2.25. The third kappa shape index (κ3) is 5.65. The highest BCUT2D eigenvalue weighted by Gasteiger charge is 2.08. The van der Waals surface area contributed by atoms with E-state index in [1.165, 1.54) is 29.3 Å². The van der Waals surface area contributed by atoms with Crippen LogP contribution >= 0.6 is 23.1 Å². The molecule has 0 saturated carbocycles. The standard InChI is InChI=1S/C11H13F3N2OS2/c1-7(2)16(17)5-8-6-19-11(15-8)18-4-3-9(12)10(13)14/h5-7H,3-4H2,1-2H3/b16-5-. The summed E-state index contributed by atoms with van der Waals surface area (Å²) in [5.74, 6) is -1.21. The molecule has 0 atom stereocenters. The molecule has 0 spiro atoms. The molecule has 1 aromatic rings. The van der Waals surface area contributed by atoms with Gasteiger partial charge in [0.2, 0.25) is 6.21 Å². The van der Waals surface area contributed by atoms with Gasteiger partial charge in [0.1, 0.15) is 5.69 Å². The second-order valence-electron chi connectivity index (χ2n) is 3.88. The summed E-state index contributed by atoms with van der Waals surface area (Å²) in [6, 6.07) is -0.176. The molecule has 0 aliphatic carbocycles. The van der Waals surface area contributed by atoms with Crippen molar-refractivity contribution in [2.24, 2.45) is 0 Å². The van der Waals surface area contributed by atoms with Gasteiger partial charge in [-0.2, -0.15) is 8.78 Å². The maximum atomic E-state index is 12.5. The zero-order valence-corrected chi connectivity index (χ0v) is 12.0. The van der Waals surface area contributed by atoms with Crippen LogP contribution in [0.15, 0.2) is 21.6 Å². The predicted molar refractivity (Wildman–Crippen MR) is 71.7 cm³/mol. The van der Waals surface area contributed by atoms with Gasteiger partial charge < -0.3 is 5.21 Å². The lowest BCUT2D eigenvalue weighted by atomic mass is 10.4. The molecule has 0 bridgehead atoms. The number of halogens is 3. The molecule has 1 aromatic heterocycles. The van der Waals surface area contributed by atoms with E-state index in [9.17, 15) is 18.4 Å². The van der Waals surface area contributed by atoms with Crippen LogP contribution in [0, 0.1) is 5.21 Å². The van der Waals surface area contributed by atoms with E-state index in [-0.39, 0.29) is 18.2 Å². The second kappa shape index (κ2) is 7.54. The monoisotopic (exact) mass is 310 g/mol. The highest BCUT2D eigenvalue weighted by atomic mass is 32.2. The van der Waals surface area contributed by atoms with Gasteiger partial charge in [-0.05, 0) is 13.8 Å². The fraction of sp³-hybridized carbons (Fsp3) is 0.455. The number of allylic oxidation sites excluding steroid dienone is 1. The first-order valence-corrected chi connectivity index (χ1v) is 7.35. The second-order valence-corrected chi connectivity index (χ2v) is 6.08. The van der Waals surface area contributed by atoms with Crippen LogP contribution in [0.25, 0.3) is 0 Å². The molecular weight excluding hydrogens is 297 g/mol. The maximum Gasteiger partial charge on any atom is 0.301 e. The third-order valence-electron chi connectivity index (χ3n) is 2.02. The molecule has 1 rings (SSSR count). The Kier molecular flexibility index (Phi) is 6.36. The third-order valence-corrected chi connectivity index (χ3v) is 4.06. The SMILES string of the molecule is CC(C)/[N+]([O-])=C/c1csc(SCCC(F)=C(F)F)n1. The van der Waals surface area contributed by atoms with Crippen LogP contribution in [0.3, 0.4) is 0 Å². The topological polar surface area (TPSA) is 39.0 Å². The summed E-state index contributed by atoms with van der Waals surface area (Å²) < 4.78 is 37.6. The average Bonchev–Trinajstić information content (AvgIpc) is 2.76. The predicted octanol–water partition coefficient (Wildman–Crippen LogP) is 4.04. The fourth-order valence-electron chi connectivity index (χ4n) is 0.996. The lowest BCUT2D eigenvalue weighted by Crippen LogP contribution is -2.15. The molecule has 8 heteroatoms. The normalized spacial score (nSPS) is 12.0. The molecule has 1 heterocycles. The van der Waals surface area contributed by atoms with E-state index in [4.69, 9.17) is 0 Å². The minimum atomic E-state index is -2.27. The van der Waals surface area contributed by atoms with Crippen molar-refractivity contribution in [1.29, 1.82) is 0 Å². The van der Waals surface area contributed by atoms with E-state index in [2.05, 4.69) is 4.98 Å². The Morgan fingerprint density at radius 1 is 1.53 bits per heavy atom. The highest BCUT2D eigenvalue weighted by molar-refractivity contribution is 8.01. The molecular formula is C11H13F3N2OS2. The number of rotatable bonds is 6. The van der Waals surface area contributed by atoms with Crippen molar-refractivity contribution in [3.8, 4) is 0 Å². The molecule has 0 fully saturated rings. The number of thioether (sulfide) groups is 1. The van der Waals surface area contributed by atoms with E-state index in [0.717, 1.165) is 4.74 Å². The van der Waals surface area contributed by atoms with Crippen molar-refractivity contribution in [3.63, 3.8) is 0 Å². The fourth-order valence-corrected chi connectivity index (χ4v) is 2.78. The maximum absolute atomic E-state index is 12.5. The molecule has 0 N–H and O–H groups in total. The molecule has 0 aromatic carbocycles. The van der Waals surface area contributed by atoms with Gasteiger partial charge in [0.05, 0.1) is 0 Å². The molecule has 0 amide bonds. The zero-order valence-electron chi connectivity index (χ0n) is 10.4. The van der Waals surface area contributed by atoms with Gasteiger partial charge in [0.25, 0.3) is 0 Å². The van der Waals surface area contributed by atoms with Gasteiger partial charge in [0, 0.05) is 17.6 Å². The Morgan fingerprint density at radius 2 is 2.21 bits per heavy atom. The lowest BCUT2D eigenvalue weighted by molar-refractivity contribution is -0.487. The van der Waals surface area contributed by atoms with E-state index in [1.54, 1.807) is 19.2 Å². The molecule has 0 aliphatic heterocycles. The van der Waals surface area contributed by atoms with Crippen LogP contribution < -0.4 is 0 Å². The molecule has 106 valence electrons. The Labute approximate surface area is 117 Å². The quantitative estimate of drug-likeness (QED) is 0.262. The number of hydroxylamine groups is 1. The first-order valence-electron chi connectivity index (χ1n) is 5.48. The van der Waals surface area contributed by atoms with Gasteiger partial charge in [-0.1, -0.05) is 11.8 Å². The van der Waals surface area contributed by atoms with Crippen LogP contribution in [0.4, 0.5) is 13.2 Å². The first-order chi connectivity index (χ1) is 8.90. The van der Waals surface area contributed by atoms with Crippen molar-refractivity contribution < 1.29 is 17.9 Å². The summed E-state index contributed by atoms with van der Waals surface area (Å²) in [5, 5.41) is 13.1. The number of aromatic nitrogens is 1. The van der Waals surface area contributed by atoms with E-state index in [0.29, 0.717) is 10.0 Å². The largest absolute Gasteiger partial charge is 0.624 e. The minimum absolute atomic E-state index is 0.176. The smallest absolute Gasteiger partial charge is 0.301 e. The summed E-state index contributed by atoms with van der Waals surface area (Å²) in [4.78, 5) is 4.13. The summed E-state index contributed by atoms with van der Waals surface area (Å²) in [6.45, 7) is 3.51. The van der Waals surface area contributed by atoms with Crippen LogP contribution in [0.5, 0.6) is 0 Å². The van der Waals surface area contributed by atoms with E-state index in [1.807, 2.05) is 0 Å². The molecule has 0 saturated heterocycles. The molecule has 0 unspecified atom stereocenters. The number of nitrogens with zero attached hydrogens (tertiary/aromatic N) is 2. The van der Waals surface area contributed by atoms with Gasteiger partial charge in [-0.15, -0.1) is 11.3 Å². The van der Waals surface area contributed by atoms with Crippen molar-refractivity contribution in [2.45, 2.75) is 30.6 Å². The number of thiazole rings is 1. The van der Waals surface area contributed by atoms with Crippen molar-refractivity contribution in [1.82, 2.24) is 4.98 Å². The molecule has 0 aliphatic rings. The summed E-state index contributed by atoms with van der Waals surface area (Å²) in [6.07, 6.45) is -1.23. The van der Waals surface area contributed by atoms with Gasteiger partial charge in [-0.3, -0.25) is 0 Å². The van der Waals surface area contributed by atoms with E-state index >= 15 is 0 Å². The van der Waals surface area contributed by atoms with E-state index < -0.39 is 11.9 Å². The Hall–Kier alpha value is -1.02. The molecule has 19 heavy (non-hydrogen) atoms. The summed E-state index contributed by atoms with van der Waals surface area (Å²) >= 11 is 2.47. The summed E-state index contributed by atoms with van der Waals surface area (Å²) in [5.41, 5.74) is 0.517. The van der Waals surface area contributed by atoms with Gasteiger partial charge in [0.15, 0.2) is 16.2 Å². The first kappa shape index (κ1) is 16.0. The molecule has 3 nitrogen and oxygen atoms in total. The van der Waals surface area contributed by atoms with Crippen molar-refractivity contribution >= 4 is 29.3 Å². The summed E-state index contributed by atoms with van der Waals surface area (Å²) in [7, 11) is 0. The Balaban J connectivity index is 2.52. The number of hydrogen-bond donors (Lipinski definition) is 0. The van der Waals surface area contributed by atoms with Crippen LogP contribution in [-0.4, -0.2) is 27.7 Å².